The zero-order chi connectivity index (χ0) is 14.4. The van der Waals surface area contributed by atoms with Crippen molar-refractivity contribution in [2.75, 3.05) is 6.54 Å². The van der Waals surface area contributed by atoms with E-state index < -0.39 is 6.04 Å². The smallest absolute Gasteiger partial charge is 0.239 e. The van der Waals surface area contributed by atoms with Gasteiger partial charge in [0.1, 0.15) is 0 Å². The van der Waals surface area contributed by atoms with Gasteiger partial charge in [0.15, 0.2) is 0 Å². The first-order valence-electron chi connectivity index (χ1n) is 6.68. The summed E-state index contributed by atoms with van der Waals surface area (Å²) in [5, 5.41) is 14.2. The van der Waals surface area contributed by atoms with Gasteiger partial charge in [0, 0.05) is 6.04 Å². The molecule has 0 aliphatic heterocycles. The van der Waals surface area contributed by atoms with Gasteiger partial charge in [-0.05, 0) is 25.2 Å². The lowest BCUT2D eigenvalue weighted by atomic mass is 10.0. The van der Waals surface area contributed by atoms with E-state index in [0.29, 0.717) is 0 Å². The molecular weight excluding hydrogens is 244 g/mol. The number of nitrogens with one attached hydrogen (secondary N) is 2. The van der Waals surface area contributed by atoms with Gasteiger partial charge in [-0.3, -0.25) is 9.59 Å². The average Bonchev–Trinajstić information content (AvgIpc) is 2.81. The Kier molecular flexibility index (Phi) is 5.77. The molecule has 3 atom stereocenters. The Morgan fingerprint density at radius 1 is 1.42 bits per heavy atom. The highest BCUT2D eigenvalue weighted by molar-refractivity contribution is 5.87. The average molecular weight is 266 g/mol. The van der Waals surface area contributed by atoms with Crippen molar-refractivity contribution < 1.29 is 9.59 Å². The molecule has 0 spiro atoms. The second kappa shape index (κ2) is 7.10. The third-order valence-electron chi connectivity index (χ3n) is 3.47. The predicted octanol–water partition coefficient (Wildman–Crippen LogP) is -0.106. The lowest BCUT2D eigenvalue weighted by Gasteiger charge is -2.18. The highest BCUT2D eigenvalue weighted by Gasteiger charge is 2.28. The number of amides is 2. The van der Waals surface area contributed by atoms with E-state index in [4.69, 9.17) is 11.0 Å². The lowest BCUT2D eigenvalue weighted by Crippen LogP contribution is -2.48. The Labute approximate surface area is 113 Å². The molecule has 2 unspecified atom stereocenters. The summed E-state index contributed by atoms with van der Waals surface area (Å²) in [6.07, 6.45) is 2.60. The van der Waals surface area contributed by atoms with Crippen LogP contribution in [-0.4, -0.2) is 30.4 Å². The molecule has 1 rings (SSSR count). The van der Waals surface area contributed by atoms with Crippen molar-refractivity contribution >= 4 is 11.8 Å². The van der Waals surface area contributed by atoms with E-state index in [1.165, 1.54) is 0 Å². The second-order valence-electron chi connectivity index (χ2n) is 5.33. The predicted molar refractivity (Wildman–Crippen MR) is 70.7 cm³/mol. The van der Waals surface area contributed by atoms with Gasteiger partial charge in [0.2, 0.25) is 11.8 Å². The Bertz CT molecular complexity index is 375. The highest BCUT2D eigenvalue weighted by atomic mass is 16.2. The fourth-order valence-electron chi connectivity index (χ4n) is 2.13. The summed E-state index contributed by atoms with van der Waals surface area (Å²) in [7, 11) is 0. The van der Waals surface area contributed by atoms with Gasteiger partial charge in [0.05, 0.1) is 24.6 Å². The minimum atomic E-state index is -0.605. The number of hydrogen-bond acceptors (Lipinski definition) is 4. The first kappa shape index (κ1) is 15.4. The standard InChI is InChI=1S/C13H22N4O2/c1-8(2)12(15)13(19)16-7-11(18)17-10-5-3-4-9(10)6-14/h8-10,12H,3-5,7,15H2,1-2H3,(H,16,19)(H,17,18)/t9?,10?,12-/m0/s1. The number of nitrogens with zero attached hydrogens (tertiary/aromatic N) is 1. The second-order valence-corrected chi connectivity index (χ2v) is 5.33. The molecule has 0 radical (unpaired) electrons. The molecule has 4 N–H and O–H groups in total. The fourth-order valence-corrected chi connectivity index (χ4v) is 2.13. The minimum Gasteiger partial charge on any atom is -0.351 e. The Morgan fingerprint density at radius 3 is 2.68 bits per heavy atom. The van der Waals surface area contributed by atoms with Crippen molar-refractivity contribution in [3.05, 3.63) is 0 Å². The van der Waals surface area contributed by atoms with E-state index in [1.54, 1.807) is 0 Å². The monoisotopic (exact) mass is 266 g/mol. The van der Waals surface area contributed by atoms with Gasteiger partial charge in [-0.15, -0.1) is 0 Å². The third-order valence-corrected chi connectivity index (χ3v) is 3.47. The normalized spacial score (nSPS) is 23.7. The number of carbonyl (C=O) groups is 2. The third kappa shape index (κ3) is 4.52. The van der Waals surface area contributed by atoms with Crippen LogP contribution in [0.25, 0.3) is 0 Å². The molecular formula is C13H22N4O2. The summed E-state index contributed by atoms with van der Waals surface area (Å²) in [6.45, 7) is 3.61. The van der Waals surface area contributed by atoms with E-state index in [2.05, 4.69) is 16.7 Å². The maximum atomic E-state index is 11.7. The first-order valence-corrected chi connectivity index (χ1v) is 6.68. The number of nitrogens with two attached hydrogens (primary N) is 1. The first-order chi connectivity index (χ1) is 8.95. The van der Waals surface area contributed by atoms with Crippen molar-refractivity contribution in [1.82, 2.24) is 10.6 Å². The number of hydrogen-bond donors (Lipinski definition) is 3. The molecule has 0 aromatic carbocycles. The summed E-state index contributed by atoms with van der Waals surface area (Å²) >= 11 is 0. The van der Waals surface area contributed by atoms with E-state index in [9.17, 15) is 9.59 Å². The molecule has 106 valence electrons. The zero-order valence-electron chi connectivity index (χ0n) is 11.5. The van der Waals surface area contributed by atoms with Crippen LogP contribution in [0, 0.1) is 23.2 Å². The molecule has 1 fully saturated rings. The number of rotatable bonds is 5. The Balaban J connectivity index is 2.32. The maximum absolute atomic E-state index is 11.7. The van der Waals surface area contributed by atoms with E-state index in [1.807, 2.05) is 13.8 Å². The van der Waals surface area contributed by atoms with Crippen molar-refractivity contribution in [2.45, 2.75) is 45.2 Å². The van der Waals surface area contributed by atoms with Crippen LogP contribution in [0.4, 0.5) is 0 Å². The van der Waals surface area contributed by atoms with Gasteiger partial charge in [-0.2, -0.15) is 5.26 Å². The Hall–Kier alpha value is -1.61. The van der Waals surface area contributed by atoms with Crippen LogP contribution in [-0.2, 0) is 9.59 Å². The maximum Gasteiger partial charge on any atom is 0.239 e. The van der Waals surface area contributed by atoms with Gasteiger partial charge < -0.3 is 16.4 Å². The van der Waals surface area contributed by atoms with Crippen molar-refractivity contribution in [1.29, 1.82) is 5.26 Å². The van der Waals surface area contributed by atoms with Crippen LogP contribution in [0.3, 0.4) is 0 Å². The molecule has 1 aliphatic carbocycles. The Morgan fingerprint density at radius 2 is 2.11 bits per heavy atom. The van der Waals surface area contributed by atoms with Gasteiger partial charge in [-0.1, -0.05) is 13.8 Å². The summed E-state index contributed by atoms with van der Waals surface area (Å²) in [5.41, 5.74) is 5.67. The van der Waals surface area contributed by atoms with Gasteiger partial charge in [0.25, 0.3) is 0 Å². The van der Waals surface area contributed by atoms with Gasteiger partial charge >= 0.3 is 0 Å². The van der Waals surface area contributed by atoms with Crippen LogP contribution in [0.1, 0.15) is 33.1 Å². The molecule has 0 aromatic rings. The van der Waals surface area contributed by atoms with E-state index >= 15 is 0 Å². The summed E-state index contributed by atoms with van der Waals surface area (Å²) in [5.74, 6) is -0.678. The molecule has 0 aromatic heterocycles. The lowest BCUT2D eigenvalue weighted by molar-refractivity contribution is -0.127. The quantitative estimate of drug-likeness (QED) is 0.645. The van der Waals surface area contributed by atoms with Crippen LogP contribution in [0.5, 0.6) is 0 Å². The van der Waals surface area contributed by atoms with Crippen LogP contribution >= 0.6 is 0 Å². The molecule has 2 amide bonds. The molecule has 1 aliphatic rings. The molecule has 1 saturated carbocycles. The molecule has 19 heavy (non-hydrogen) atoms. The number of carbonyl (C=O) groups excluding carboxylic acids is 2. The molecule has 0 heterocycles. The van der Waals surface area contributed by atoms with Crippen LogP contribution in [0.2, 0.25) is 0 Å². The largest absolute Gasteiger partial charge is 0.351 e. The van der Waals surface area contributed by atoms with Crippen molar-refractivity contribution in [2.24, 2.45) is 17.6 Å². The highest BCUT2D eigenvalue weighted by Crippen LogP contribution is 2.24. The van der Waals surface area contributed by atoms with Crippen molar-refractivity contribution in [3.63, 3.8) is 0 Å². The topological polar surface area (TPSA) is 108 Å². The minimum absolute atomic E-state index is 0.0286. The van der Waals surface area contributed by atoms with Gasteiger partial charge in [-0.25, -0.2) is 0 Å². The summed E-state index contributed by atoms with van der Waals surface area (Å²) in [6, 6.07) is 1.50. The molecule has 6 heteroatoms. The summed E-state index contributed by atoms with van der Waals surface area (Å²) < 4.78 is 0. The summed E-state index contributed by atoms with van der Waals surface area (Å²) in [4.78, 5) is 23.3. The number of nitriles is 1. The van der Waals surface area contributed by atoms with Crippen molar-refractivity contribution in [3.8, 4) is 6.07 Å². The zero-order valence-corrected chi connectivity index (χ0v) is 11.5. The molecule has 0 bridgehead atoms. The molecule has 0 saturated heterocycles. The van der Waals surface area contributed by atoms with E-state index in [-0.39, 0.29) is 36.2 Å². The van der Waals surface area contributed by atoms with Crippen LogP contribution < -0.4 is 16.4 Å². The molecule has 6 nitrogen and oxygen atoms in total. The van der Waals surface area contributed by atoms with Crippen LogP contribution in [0.15, 0.2) is 0 Å². The van der Waals surface area contributed by atoms with E-state index in [0.717, 1.165) is 19.3 Å². The fraction of sp³-hybridized carbons (Fsp3) is 0.769. The SMILES string of the molecule is CC(C)[C@H](N)C(=O)NCC(=O)NC1CCCC1C#N.